The molecule has 0 spiro atoms. The monoisotopic (exact) mass is 372 g/mol. The number of hydrogen-bond donors (Lipinski definition) is 2. The van der Waals surface area contributed by atoms with Crippen LogP contribution in [-0.4, -0.2) is 27.0 Å². The largest absolute Gasteiger partial charge is 0.326 e. The quantitative estimate of drug-likeness (QED) is 0.526. The number of fused-ring (bicyclic) bond motifs is 1. The first-order valence-electron chi connectivity index (χ1n) is 7.56. The molecule has 0 radical (unpaired) electrons. The average Bonchev–Trinajstić information content (AvgIpc) is 3.06. The minimum absolute atomic E-state index is 0.112. The maximum Gasteiger partial charge on any atom is 0.237 e. The van der Waals surface area contributed by atoms with E-state index in [-0.39, 0.29) is 17.1 Å². The number of nitrogens with zero attached hydrogens (tertiary/aromatic N) is 2. The number of hydrogen-bond acceptors (Lipinski definition) is 6. The molecule has 1 atom stereocenters. The molecule has 0 unspecified atom stereocenters. The van der Waals surface area contributed by atoms with Crippen LogP contribution in [0.4, 0.5) is 11.4 Å². The van der Waals surface area contributed by atoms with Gasteiger partial charge in [-0.25, -0.2) is 9.97 Å². The summed E-state index contributed by atoms with van der Waals surface area (Å²) in [5.74, 6) is -0.245. The standard InChI is InChI=1S/C17H16N4O2S2/c1-10(25-17-14-7-8-24-16(14)18-9-19-17)15(23)21-13-5-3-12(4-6-13)20-11(2)22/h3-10H,1-2H3,(H,20,22)(H,21,23)/t10-/m1/s1. The smallest absolute Gasteiger partial charge is 0.237 e. The molecular weight excluding hydrogens is 356 g/mol. The molecule has 6 nitrogen and oxygen atoms in total. The second-order valence-electron chi connectivity index (χ2n) is 5.33. The highest BCUT2D eigenvalue weighted by molar-refractivity contribution is 8.00. The van der Waals surface area contributed by atoms with E-state index in [9.17, 15) is 9.59 Å². The summed E-state index contributed by atoms with van der Waals surface area (Å²) < 4.78 is 0. The summed E-state index contributed by atoms with van der Waals surface area (Å²) in [4.78, 5) is 32.8. The minimum Gasteiger partial charge on any atom is -0.326 e. The van der Waals surface area contributed by atoms with Gasteiger partial charge in [0.2, 0.25) is 11.8 Å². The molecule has 8 heteroatoms. The van der Waals surface area contributed by atoms with Crippen LogP contribution in [0.5, 0.6) is 0 Å². The molecule has 2 heterocycles. The van der Waals surface area contributed by atoms with E-state index in [1.165, 1.54) is 25.0 Å². The van der Waals surface area contributed by atoms with Crippen molar-refractivity contribution in [1.29, 1.82) is 0 Å². The molecule has 25 heavy (non-hydrogen) atoms. The molecule has 0 aliphatic heterocycles. The van der Waals surface area contributed by atoms with E-state index in [1.807, 2.05) is 18.4 Å². The minimum atomic E-state index is -0.312. The second-order valence-corrected chi connectivity index (χ2v) is 7.55. The molecule has 3 rings (SSSR count). The fourth-order valence-corrected chi connectivity index (χ4v) is 3.86. The topological polar surface area (TPSA) is 84.0 Å². The van der Waals surface area contributed by atoms with Gasteiger partial charge in [0.05, 0.1) is 5.25 Å². The Kier molecular flexibility index (Phi) is 5.30. The number of thioether (sulfide) groups is 1. The Bertz CT molecular complexity index is 908. The number of benzene rings is 1. The third-order valence-electron chi connectivity index (χ3n) is 3.36. The van der Waals surface area contributed by atoms with Gasteiger partial charge in [-0.05, 0) is 42.6 Å². The number of amides is 2. The van der Waals surface area contributed by atoms with Gasteiger partial charge in [0.1, 0.15) is 16.2 Å². The summed E-state index contributed by atoms with van der Waals surface area (Å²) in [5, 5.41) is 8.98. The molecule has 128 valence electrons. The fraction of sp³-hybridized carbons (Fsp3) is 0.176. The third kappa shape index (κ3) is 4.34. The lowest BCUT2D eigenvalue weighted by Crippen LogP contribution is -2.22. The van der Waals surface area contributed by atoms with Gasteiger partial charge >= 0.3 is 0 Å². The zero-order valence-corrected chi connectivity index (χ0v) is 15.3. The molecule has 3 aromatic rings. The van der Waals surface area contributed by atoms with Gasteiger partial charge in [-0.1, -0.05) is 11.8 Å². The third-order valence-corrected chi connectivity index (χ3v) is 5.29. The Labute approximate surface area is 153 Å². The lowest BCUT2D eigenvalue weighted by Gasteiger charge is -2.12. The molecule has 0 fully saturated rings. The number of aromatic nitrogens is 2. The van der Waals surface area contributed by atoms with Crippen LogP contribution >= 0.6 is 23.1 Å². The van der Waals surface area contributed by atoms with Crippen molar-refractivity contribution < 1.29 is 9.59 Å². The second kappa shape index (κ2) is 7.62. The molecule has 2 amide bonds. The lowest BCUT2D eigenvalue weighted by atomic mass is 10.2. The number of thiophene rings is 1. The van der Waals surface area contributed by atoms with Gasteiger partial charge in [0.15, 0.2) is 0 Å². The van der Waals surface area contributed by atoms with Gasteiger partial charge in [0.25, 0.3) is 0 Å². The van der Waals surface area contributed by atoms with Crippen molar-refractivity contribution in [3.63, 3.8) is 0 Å². The van der Waals surface area contributed by atoms with Gasteiger partial charge in [-0.15, -0.1) is 11.3 Å². The Hall–Kier alpha value is -2.45. The number of nitrogens with one attached hydrogen (secondary N) is 2. The summed E-state index contributed by atoms with van der Waals surface area (Å²) in [5.41, 5.74) is 1.36. The normalized spacial score (nSPS) is 11.9. The van der Waals surface area contributed by atoms with Crippen LogP contribution < -0.4 is 10.6 Å². The van der Waals surface area contributed by atoms with Crippen LogP contribution in [0.2, 0.25) is 0 Å². The SMILES string of the molecule is CC(=O)Nc1ccc(NC(=O)[C@@H](C)Sc2ncnc3sccc23)cc1. The van der Waals surface area contributed by atoms with Crippen molar-refractivity contribution in [3.8, 4) is 0 Å². The molecular formula is C17H16N4O2S2. The van der Waals surface area contributed by atoms with Crippen molar-refractivity contribution in [2.75, 3.05) is 10.6 Å². The predicted molar refractivity (Wildman–Crippen MR) is 102 cm³/mol. The Morgan fingerprint density at radius 3 is 2.44 bits per heavy atom. The van der Waals surface area contributed by atoms with Gasteiger partial charge < -0.3 is 10.6 Å². The van der Waals surface area contributed by atoms with Gasteiger partial charge in [-0.3, -0.25) is 9.59 Å². The first-order chi connectivity index (χ1) is 12.0. The Morgan fingerprint density at radius 1 is 1.08 bits per heavy atom. The summed E-state index contributed by atoms with van der Waals surface area (Å²) >= 11 is 2.95. The van der Waals surface area contributed by atoms with Crippen molar-refractivity contribution >= 4 is 56.5 Å². The first kappa shape index (κ1) is 17.4. The van der Waals surface area contributed by atoms with E-state index in [4.69, 9.17) is 0 Å². The Morgan fingerprint density at radius 2 is 1.76 bits per heavy atom. The van der Waals surface area contributed by atoms with Crippen molar-refractivity contribution in [1.82, 2.24) is 9.97 Å². The maximum atomic E-state index is 12.4. The Balaban J connectivity index is 1.64. The van der Waals surface area contributed by atoms with E-state index in [2.05, 4.69) is 20.6 Å². The molecule has 1 aromatic carbocycles. The van der Waals surface area contributed by atoms with Crippen molar-refractivity contribution in [2.45, 2.75) is 24.1 Å². The number of rotatable bonds is 5. The van der Waals surface area contributed by atoms with Gasteiger partial charge in [0, 0.05) is 23.7 Å². The zero-order valence-electron chi connectivity index (χ0n) is 13.6. The lowest BCUT2D eigenvalue weighted by molar-refractivity contribution is -0.115. The maximum absolute atomic E-state index is 12.4. The van der Waals surface area contributed by atoms with E-state index in [1.54, 1.807) is 35.6 Å². The first-order valence-corrected chi connectivity index (χ1v) is 9.32. The van der Waals surface area contributed by atoms with Crippen LogP contribution in [0.3, 0.4) is 0 Å². The molecule has 0 aliphatic rings. The van der Waals surface area contributed by atoms with Crippen molar-refractivity contribution in [2.24, 2.45) is 0 Å². The zero-order chi connectivity index (χ0) is 17.8. The van der Waals surface area contributed by atoms with Crippen LogP contribution in [0.15, 0.2) is 47.1 Å². The van der Waals surface area contributed by atoms with Crippen LogP contribution in [0, 0.1) is 0 Å². The van der Waals surface area contributed by atoms with E-state index >= 15 is 0 Å². The number of anilines is 2. The van der Waals surface area contributed by atoms with Crippen LogP contribution in [0.25, 0.3) is 10.2 Å². The molecule has 2 N–H and O–H groups in total. The molecule has 0 aliphatic carbocycles. The van der Waals surface area contributed by atoms with E-state index in [0.29, 0.717) is 11.4 Å². The molecule has 0 saturated heterocycles. The number of carbonyl (C=O) groups is 2. The van der Waals surface area contributed by atoms with E-state index < -0.39 is 0 Å². The van der Waals surface area contributed by atoms with Crippen LogP contribution in [0.1, 0.15) is 13.8 Å². The fourth-order valence-electron chi connectivity index (χ4n) is 2.17. The molecule has 0 saturated carbocycles. The van der Waals surface area contributed by atoms with Crippen LogP contribution in [-0.2, 0) is 9.59 Å². The average molecular weight is 372 g/mol. The predicted octanol–water partition coefficient (Wildman–Crippen LogP) is 3.77. The van der Waals surface area contributed by atoms with Gasteiger partial charge in [-0.2, -0.15) is 0 Å². The summed E-state index contributed by atoms with van der Waals surface area (Å²) in [7, 11) is 0. The highest BCUT2D eigenvalue weighted by Gasteiger charge is 2.17. The summed E-state index contributed by atoms with van der Waals surface area (Å²) in [6.45, 7) is 3.29. The highest BCUT2D eigenvalue weighted by Crippen LogP contribution is 2.30. The van der Waals surface area contributed by atoms with E-state index in [0.717, 1.165) is 15.2 Å². The highest BCUT2D eigenvalue weighted by atomic mass is 32.2. The molecule has 2 aromatic heterocycles. The number of carbonyl (C=O) groups excluding carboxylic acids is 2. The molecule has 0 bridgehead atoms. The summed E-state index contributed by atoms with van der Waals surface area (Å²) in [6.07, 6.45) is 1.52. The van der Waals surface area contributed by atoms with Crippen molar-refractivity contribution in [3.05, 3.63) is 42.0 Å². The summed E-state index contributed by atoms with van der Waals surface area (Å²) in [6, 6.07) is 8.96.